The first-order valence-corrected chi connectivity index (χ1v) is 11.7. The van der Waals surface area contributed by atoms with Crippen molar-refractivity contribution in [2.24, 2.45) is 0 Å². The molecular formula is C25H33N5O6. The highest BCUT2D eigenvalue weighted by Crippen LogP contribution is 2.36. The van der Waals surface area contributed by atoms with Gasteiger partial charge in [0.2, 0.25) is 11.7 Å². The van der Waals surface area contributed by atoms with E-state index in [2.05, 4.69) is 39.2 Å². The number of aromatic nitrogens is 3. The van der Waals surface area contributed by atoms with Gasteiger partial charge in [0, 0.05) is 31.4 Å². The number of carbonyl (C=O) groups is 1. The minimum atomic E-state index is -0.964. The molecule has 11 heteroatoms. The van der Waals surface area contributed by atoms with Gasteiger partial charge in [-0.2, -0.15) is 4.98 Å². The van der Waals surface area contributed by atoms with E-state index in [-0.39, 0.29) is 13.2 Å². The topological polar surface area (TPSA) is 143 Å². The molecular weight excluding hydrogens is 466 g/mol. The van der Waals surface area contributed by atoms with Crippen molar-refractivity contribution in [3.8, 4) is 34.3 Å². The Labute approximate surface area is 210 Å². The molecule has 0 unspecified atom stereocenters. The zero-order valence-electron chi connectivity index (χ0n) is 21.2. The second kappa shape index (κ2) is 12.3. The maximum atomic E-state index is 11.1. The van der Waals surface area contributed by atoms with Crippen LogP contribution in [0.4, 0.5) is 5.82 Å². The molecule has 0 aliphatic carbocycles. The molecule has 0 bridgehead atoms. The number of hydrogen-bond donors (Lipinski definition) is 3. The third-order valence-electron chi connectivity index (χ3n) is 5.60. The molecule has 0 saturated carbocycles. The minimum Gasteiger partial charge on any atom is -0.493 e. The highest BCUT2D eigenvalue weighted by Gasteiger charge is 2.18. The number of amides is 1. The minimum absolute atomic E-state index is 0.0469. The van der Waals surface area contributed by atoms with Crippen molar-refractivity contribution in [3.63, 3.8) is 0 Å². The Bertz CT molecular complexity index is 1180. The first-order valence-electron chi connectivity index (χ1n) is 11.7. The molecule has 1 amide bonds. The summed E-state index contributed by atoms with van der Waals surface area (Å²) in [5.74, 6) is 1.98. The fourth-order valence-corrected chi connectivity index (χ4v) is 3.73. The van der Waals surface area contributed by atoms with Gasteiger partial charge in [0.1, 0.15) is 25.1 Å². The van der Waals surface area contributed by atoms with Gasteiger partial charge >= 0.3 is 0 Å². The van der Waals surface area contributed by atoms with Gasteiger partial charge in [0.25, 0.3) is 5.89 Å². The van der Waals surface area contributed by atoms with E-state index in [1.165, 1.54) is 7.11 Å². The van der Waals surface area contributed by atoms with Crippen LogP contribution in [0.2, 0.25) is 0 Å². The average molecular weight is 500 g/mol. The second-order valence-electron chi connectivity index (χ2n) is 8.21. The normalized spacial score (nSPS) is 11.8. The van der Waals surface area contributed by atoms with Crippen molar-refractivity contribution in [2.75, 3.05) is 44.9 Å². The maximum Gasteiger partial charge on any atom is 0.259 e. The number of aliphatic hydroxyl groups is 2. The van der Waals surface area contributed by atoms with Crippen LogP contribution in [-0.2, 0) is 4.79 Å². The number of nitrogens with zero attached hydrogens (tertiary/aromatic N) is 4. The summed E-state index contributed by atoms with van der Waals surface area (Å²) in [6.45, 7) is 9.00. The van der Waals surface area contributed by atoms with Crippen LogP contribution in [0.15, 0.2) is 28.9 Å². The number of methoxy groups -OCH3 is 1. The van der Waals surface area contributed by atoms with E-state index in [0.29, 0.717) is 28.8 Å². The average Bonchev–Trinajstić information content (AvgIpc) is 3.38. The predicted octanol–water partition coefficient (Wildman–Crippen LogP) is 2.12. The molecule has 2 aromatic heterocycles. The number of nitrogens with one attached hydrogen (secondary N) is 1. The van der Waals surface area contributed by atoms with Gasteiger partial charge in [0.15, 0.2) is 11.5 Å². The number of pyridine rings is 1. The molecule has 1 atom stereocenters. The van der Waals surface area contributed by atoms with E-state index in [1.807, 2.05) is 26.0 Å². The molecule has 1 aromatic carbocycles. The molecule has 0 aliphatic heterocycles. The van der Waals surface area contributed by atoms with Crippen LogP contribution in [0.25, 0.3) is 22.8 Å². The van der Waals surface area contributed by atoms with Crippen LogP contribution in [-0.4, -0.2) is 77.3 Å². The van der Waals surface area contributed by atoms with Crippen molar-refractivity contribution in [1.82, 2.24) is 20.4 Å². The monoisotopic (exact) mass is 499 g/mol. The number of aryl methyl sites for hydroxylation is 2. The molecule has 0 spiro atoms. The van der Waals surface area contributed by atoms with Gasteiger partial charge < -0.3 is 34.4 Å². The fraction of sp³-hybridized carbons (Fsp3) is 0.440. The van der Waals surface area contributed by atoms with Gasteiger partial charge in [-0.25, -0.2) is 4.98 Å². The Morgan fingerprint density at radius 2 is 1.89 bits per heavy atom. The molecule has 0 saturated heterocycles. The number of anilines is 1. The van der Waals surface area contributed by atoms with E-state index in [9.17, 15) is 9.90 Å². The first-order chi connectivity index (χ1) is 17.3. The van der Waals surface area contributed by atoms with Gasteiger partial charge in [-0.05, 0) is 57.0 Å². The van der Waals surface area contributed by atoms with Crippen LogP contribution in [0.1, 0.15) is 25.0 Å². The van der Waals surface area contributed by atoms with Crippen LogP contribution < -0.4 is 19.7 Å². The molecule has 3 rings (SSSR count). The summed E-state index contributed by atoms with van der Waals surface area (Å²) in [7, 11) is 1.51. The van der Waals surface area contributed by atoms with E-state index in [1.54, 1.807) is 12.3 Å². The predicted molar refractivity (Wildman–Crippen MR) is 134 cm³/mol. The molecule has 194 valence electrons. The number of aliphatic hydroxyl groups excluding tert-OH is 2. The Kier molecular flexibility index (Phi) is 9.20. The SMILES string of the molecule is CCN(CC)c1ncc(-c2nc(-c3cc(C)c(OC[C@@H](O)CNC(=O)CO)c(OC)c3)no2)cc1C. The summed E-state index contributed by atoms with van der Waals surface area (Å²) in [4.78, 5) is 22.5. The Morgan fingerprint density at radius 3 is 2.53 bits per heavy atom. The Balaban J connectivity index is 1.78. The van der Waals surface area contributed by atoms with E-state index >= 15 is 0 Å². The van der Waals surface area contributed by atoms with Crippen molar-refractivity contribution in [1.29, 1.82) is 0 Å². The second-order valence-corrected chi connectivity index (χ2v) is 8.21. The zero-order valence-corrected chi connectivity index (χ0v) is 21.2. The van der Waals surface area contributed by atoms with Gasteiger partial charge in [-0.1, -0.05) is 5.16 Å². The lowest BCUT2D eigenvalue weighted by molar-refractivity contribution is -0.124. The highest BCUT2D eigenvalue weighted by molar-refractivity contribution is 5.76. The molecule has 3 aromatic rings. The van der Waals surface area contributed by atoms with Crippen molar-refractivity contribution in [3.05, 3.63) is 35.5 Å². The van der Waals surface area contributed by atoms with E-state index in [4.69, 9.17) is 19.1 Å². The Morgan fingerprint density at radius 1 is 1.17 bits per heavy atom. The zero-order chi connectivity index (χ0) is 26.2. The number of ether oxygens (including phenoxy) is 2. The molecule has 36 heavy (non-hydrogen) atoms. The largest absolute Gasteiger partial charge is 0.493 e. The van der Waals surface area contributed by atoms with Crippen molar-refractivity contribution < 1.29 is 29.0 Å². The number of rotatable bonds is 12. The van der Waals surface area contributed by atoms with E-state index < -0.39 is 18.6 Å². The highest BCUT2D eigenvalue weighted by atomic mass is 16.5. The summed E-state index contributed by atoms with van der Waals surface area (Å²) < 4.78 is 16.8. The van der Waals surface area contributed by atoms with Crippen LogP contribution >= 0.6 is 0 Å². The van der Waals surface area contributed by atoms with Gasteiger partial charge in [0.05, 0.1) is 12.7 Å². The van der Waals surface area contributed by atoms with Crippen LogP contribution in [0.5, 0.6) is 11.5 Å². The van der Waals surface area contributed by atoms with Gasteiger partial charge in [-0.3, -0.25) is 4.79 Å². The summed E-state index contributed by atoms with van der Waals surface area (Å²) in [6.07, 6.45) is 0.767. The van der Waals surface area contributed by atoms with E-state index in [0.717, 1.165) is 35.6 Å². The fourth-order valence-electron chi connectivity index (χ4n) is 3.73. The lowest BCUT2D eigenvalue weighted by atomic mass is 10.1. The van der Waals surface area contributed by atoms with Crippen molar-refractivity contribution in [2.45, 2.75) is 33.8 Å². The number of hydrogen-bond acceptors (Lipinski definition) is 10. The molecule has 2 heterocycles. The summed E-state index contributed by atoms with van der Waals surface area (Å²) >= 11 is 0. The van der Waals surface area contributed by atoms with Crippen molar-refractivity contribution >= 4 is 11.7 Å². The molecule has 0 aliphatic rings. The smallest absolute Gasteiger partial charge is 0.259 e. The molecule has 3 N–H and O–H groups in total. The Hall–Kier alpha value is -3.70. The summed E-state index contributed by atoms with van der Waals surface area (Å²) in [6, 6.07) is 5.54. The third-order valence-corrected chi connectivity index (χ3v) is 5.60. The first kappa shape index (κ1) is 26.9. The lowest BCUT2D eigenvalue weighted by Crippen LogP contribution is -2.36. The van der Waals surface area contributed by atoms with Crippen LogP contribution in [0.3, 0.4) is 0 Å². The standard InChI is InChI=1S/C25H33N5O6/c1-6-30(7-2)24-16(4)9-18(11-27-24)25-28-23(29-36-25)17-8-15(3)22(20(10-17)34-5)35-14-19(32)12-26-21(33)13-31/h8-11,19,31-32H,6-7,12-14H2,1-5H3,(H,26,33)/t19-/m0/s1. The third kappa shape index (κ3) is 6.29. The molecule has 0 fully saturated rings. The summed E-state index contributed by atoms with van der Waals surface area (Å²) in [5.41, 5.74) is 3.16. The maximum absolute atomic E-state index is 11.1. The van der Waals surface area contributed by atoms with Crippen LogP contribution in [0, 0.1) is 13.8 Å². The molecule has 11 nitrogen and oxygen atoms in total. The summed E-state index contributed by atoms with van der Waals surface area (Å²) in [5, 5.41) is 25.3. The number of carbonyl (C=O) groups excluding carboxylic acids is 1. The molecule has 0 radical (unpaired) electrons. The lowest BCUT2D eigenvalue weighted by Gasteiger charge is -2.21. The van der Waals surface area contributed by atoms with Gasteiger partial charge in [-0.15, -0.1) is 0 Å². The number of benzene rings is 1. The quantitative estimate of drug-likeness (QED) is 0.339.